The lowest BCUT2D eigenvalue weighted by molar-refractivity contribution is 0.102. The van der Waals surface area contributed by atoms with Gasteiger partial charge in [-0.2, -0.15) is 5.10 Å². The molecule has 1 N–H and O–H groups in total. The Balaban J connectivity index is 1.85. The summed E-state index contributed by atoms with van der Waals surface area (Å²) in [6.07, 6.45) is 1.42. The van der Waals surface area contributed by atoms with Gasteiger partial charge in [-0.1, -0.05) is 11.6 Å². The van der Waals surface area contributed by atoms with Crippen molar-refractivity contribution in [1.82, 2.24) is 14.8 Å². The number of carbonyl (C=O) groups is 1. The number of rotatable bonds is 3. The molecule has 3 aromatic rings. The number of anilines is 1. The highest BCUT2D eigenvalue weighted by Crippen LogP contribution is 2.18. The summed E-state index contributed by atoms with van der Waals surface area (Å²) in [6, 6.07) is 9.28. The standard InChI is InChI=1S/C17H14ClFN4O/c1-10-7-11(2)23(22-10)15-5-3-12(8-14(15)19)17(24)21-16-6-4-13(18)9-20-16/h3-9H,1-2H3,(H,20,21,24). The maximum atomic E-state index is 14.4. The van der Waals surface area contributed by atoms with Crippen LogP contribution < -0.4 is 5.32 Å². The highest BCUT2D eigenvalue weighted by atomic mass is 35.5. The molecule has 0 aliphatic carbocycles. The average molecular weight is 345 g/mol. The van der Waals surface area contributed by atoms with Crippen LogP contribution in [0.4, 0.5) is 10.2 Å². The molecule has 2 heterocycles. The molecule has 7 heteroatoms. The summed E-state index contributed by atoms with van der Waals surface area (Å²) >= 11 is 5.74. The third-order valence-electron chi connectivity index (χ3n) is 3.42. The predicted molar refractivity (Wildman–Crippen MR) is 90.2 cm³/mol. The third-order valence-corrected chi connectivity index (χ3v) is 3.64. The van der Waals surface area contributed by atoms with E-state index >= 15 is 0 Å². The molecule has 0 saturated heterocycles. The van der Waals surface area contributed by atoms with E-state index in [2.05, 4.69) is 15.4 Å². The van der Waals surface area contributed by atoms with Gasteiger partial charge in [0.05, 0.1) is 10.7 Å². The molecular weight excluding hydrogens is 331 g/mol. The SMILES string of the molecule is Cc1cc(C)n(-c2ccc(C(=O)Nc3ccc(Cl)cn3)cc2F)n1. The van der Waals surface area contributed by atoms with Crippen LogP contribution in [0.1, 0.15) is 21.7 Å². The Morgan fingerprint density at radius 2 is 2.00 bits per heavy atom. The highest BCUT2D eigenvalue weighted by molar-refractivity contribution is 6.30. The first kappa shape index (κ1) is 16.1. The van der Waals surface area contributed by atoms with Crippen LogP contribution in [0.15, 0.2) is 42.6 Å². The number of halogens is 2. The van der Waals surface area contributed by atoms with Crippen molar-refractivity contribution >= 4 is 23.3 Å². The Labute approximate surface area is 143 Å². The van der Waals surface area contributed by atoms with Gasteiger partial charge in [0, 0.05) is 17.5 Å². The molecule has 0 fully saturated rings. The molecular formula is C17H14ClFN4O. The number of hydrogen-bond acceptors (Lipinski definition) is 3. The van der Waals surface area contributed by atoms with Crippen LogP contribution in [0.3, 0.4) is 0 Å². The first-order valence-electron chi connectivity index (χ1n) is 7.20. The van der Waals surface area contributed by atoms with Gasteiger partial charge in [-0.3, -0.25) is 4.79 Å². The fourth-order valence-corrected chi connectivity index (χ4v) is 2.44. The fourth-order valence-electron chi connectivity index (χ4n) is 2.33. The van der Waals surface area contributed by atoms with Gasteiger partial charge in [0.15, 0.2) is 0 Å². The van der Waals surface area contributed by atoms with E-state index in [1.165, 1.54) is 23.0 Å². The van der Waals surface area contributed by atoms with Crippen molar-refractivity contribution in [3.8, 4) is 5.69 Å². The molecule has 1 amide bonds. The number of hydrogen-bond donors (Lipinski definition) is 1. The van der Waals surface area contributed by atoms with Crippen LogP contribution in [0.2, 0.25) is 5.02 Å². The summed E-state index contributed by atoms with van der Waals surface area (Å²) in [7, 11) is 0. The molecule has 5 nitrogen and oxygen atoms in total. The molecule has 0 spiro atoms. The van der Waals surface area contributed by atoms with Gasteiger partial charge < -0.3 is 5.32 Å². The molecule has 0 unspecified atom stereocenters. The zero-order chi connectivity index (χ0) is 17.3. The van der Waals surface area contributed by atoms with Crippen molar-refractivity contribution in [2.45, 2.75) is 13.8 Å². The molecule has 0 aliphatic heterocycles. The Kier molecular flexibility index (Phi) is 4.31. The molecule has 0 atom stereocenters. The minimum atomic E-state index is -0.530. The maximum Gasteiger partial charge on any atom is 0.256 e. The topological polar surface area (TPSA) is 59.8 Å². The van der Waals surface area contributed by atoms with Gasteiger partial charge in [-0.15, -0.1) is 0 Å². The lowest BCUT2D eigenvalue weighted by Gasteiger charge is -2.08. The van der Waals surface area contributed by atoms with E-state index < -0.39 is 11.7 Å². The van der Waals surface area contributed by atoms with E-state index in [1.807, 2.05) is 19.9 Å². The van der Waals surface area contributed by atoms with Gasteiger partial charge in [0.1, 0.15) is 17.3 Å². The summed E-state index contributed by atoms with van der Waals surface area (Å²) in [5.41, 5.74) is 2.09. The summed E-state index contributed by atoms with van der Waals surface area (Å²) in [6.45, 7) is 3.68. The van der Waals surface area contributed by atoms with Crippen molar-refractivity contribution in [3.05, 3.63) is 70.4 Å². The quantitative estimate of drug-likeness (QED) is 0.783. The summed E-state index contributed by atoms with van der Waals surface area (Å²) in [5.74, 6) is -0.644. The number of benzene rings is 1. The minimum Gasteiger partial charge on any atom is -0.307 e. The maximum absolute atomic E-state index is 14.4. The van der Waals surface area contributed by atoms with E-state index in [9.17, 15) is 9.18 Å². The van der Waals surface area contributed by atoms with Crippen molar-refractivity contribution < 1.29 is 9.18 Å². The van der Waals surface area contributed by atoms with Crippen molar-refractivity contribution in [2.24, 2.45) is 0 Å². The zero-order valence-corrected chi connectivity index (χ0v) is 13.8. The molecule has 0 radical (unpaired) electrons. The van der Waals surface area contributed by atoms with Gasteiger partial charge in [0.2, 0.25) is 0 Å². The fraction of sp³-hybridized carbons (Fsp3) is 0.118. The van der Waals surface area contributed by atoms with E-state index in [1.54, 1.807) is 18.2 Å². The van der Waals surface area contributed by atoms with Gasteiger partial charge in [0.25, 0.3) is 5.91 Å². The number of aromatic nitrogens is 3. The smallest absolute Gasteiger partial charge is 0.256 e. The Hall–Kier alpha value is -2.73. The van der Waals surface area contributed by atoms with E-state index in [-0.39, 0.29) is 5.56 Å². The number of aryl methyl sites for hydroxylation is 2. The minimum absolute atomic E-state index is 0.189. The van der Waals surface area contributed by atoms with Crippen LogP contribution in [-0.4, -0.2) is 20.7 Å². The van der Waals surface area contributed by atoms with Gasteiger partial charge >= 0.3 is 0 Å². The van der Waals surface area contributed by atoms with Crippen molar-refractivity contribution in [3.63, 3.8) is 0 Å². The predicted octanol–water partition coefficient (Wildman–Crippen LogP) is 3.93. The van der Waals surface area contributed by atoms with Crippen LogP contribution in [0.25, 0.3) is 5.69 Å². The number of nitrogens with one attached hydrogen (secondary N) is 1. The van der Waals surface area contributed by atoms with Crippen LogP contribution in [0, 0.1) is 19.7 Å². The Morgan fingerprint density at radius 1 is 1.21 bits per heavy atom. The summed E-state index contributed by atoms with van der Waals surface area (Å²) < 4.78 is 15.9. The van der Waals surface area contributed by atoms with Crippen molar-refractivity contribution in [1.29, 1.82) is 0 Å². The number of carbonyl (C=O) groups excluding carboxylic acids is 1. The lowest BCUT2D eigenvalue weighted by Crippen LogP contribution is -2.14. The highest BCUT2D eigenvalue weighted by Gasteiger charge is 2.13. The largest absolute Gasteiger partial charge is 0.307 e. The average Bonchev–Trinajstić information content (AvgIpc) is 2.88. The summed E-state index contributed by atoms with van der Waals surface area (Å²) in [4.78, 5) is 16.2. The normalized spacial score (nSPS) is 10.7. The van der Waals surface area contributed by atoms with Crippen LogP contribution in [-0.2, 0) is 0 Å². The second kappa shape index (κ2) is 6.41. The molecule has 2 aromatic heterocycles. The van der Waals surface area contributed by atoms with Crippen LogP contribution in [0.5, 0.6) is 0 Å². The molecule has 3 rings (SSSR count). The zero-order valence-electron chi connectivity index (χ0n) is 13.0. The van der Waals surface area contributed by atoms with E-state index in [4.69, 9.17) is 11.6 Å². The monoisotopic (exact) mass is 344 g/mol. The van der Waals surface area contributed by atoms with Gasteiger partial charge in [-0.05, 0) is 50.2 Å². The number of nitrogens with zero attached hydrogens (tertiary/aromatic N) is 3. The van der Waals surface area contributed by atoms with Gasteiger partial charge in [-0.25, -0.2) is 14.1 Å². The van der Waals surface area contributed by atoms with E-state index in [0.29, 0.717) is 16.5 Å². The number of pyridine rings is 1. The molecule has 24 heavy (non-hydrogen) atoms. The molecule has 0 aliphatic rings. The third kappa shape index (κ3) is 3.28. The molecule has 0 saturated carbocycles. The first-order valence-corrected chi connectivity index (χ1v) is 7.58. The second-order valence-electron chi connectivity index (χ2n) is 5.32. The summed E-state index contributed by atoms with van der Waals surface area (Å²) in [5, 5.41) is 7.30. The Morgan fingerprint density at radius 3 is 2.58 bits per heavy atom. The van der Waals surface area contributed by atoms with E-state index in [0.717, 1.165) is 11.4 Å². The number of amides is 1. The first-order chi connectivity index (χ1) is 11.4. The molecule has 122 valence electrons. The lowest BCUT2D eigenvalue weighted by atomic mass is 10.2. The van der Waals surface area contributed by atoms with Crippen molar-refractivity contribution in [2.75, 3.05) is 5.32 Å². The molecule has 1 aromatic carbocycles. The van der Waals surface area contributed by atoms with Crippen LogP contribution >= 0.6 is 11.6 Å². The molecule has 0 bridgehead atoms. The second-order valence-corrected chi connectivity index (χ2v) is 5.76. The Bertz CT molecular complexity index is 905.